The van der Waals surface area contributed by atoms with Gasteiger partial charge in [0.2, 0.25) is 5.91 Å². The quantitative estimate of drug-likeness (QED) is 0.592. The SMILES string of the molecule is NC[C@@H](C(=O)Nc1ccc(N2CCOCC2=O)cc1C(F)(F)F)N(CC(F)F)C1CC1. The topological polar surface area (TPSA) is 87.9 Å². The Kier molecular flexibility index (Phi) is 7.12. The number of amides is 2. The van der Waals surface area contributed by atoms with Crippen LogP contribution in [0.2, 0.25) is 0 Å². The molecule has 0 aromatic heterocycles. The number of ether oxygens (including phenoxy) is 1. The summed E-state index contributed by atoms with van der Waals surface area (Å²) in [6.45, 7) is -0.966. The van der Waals surface area contributed by atoms with E-state index in [1.807, 2.05) is 0 Å². The van der Waals surface area contributed by atoms with Crippen molar-refractivity contribution in [3.63, 3.8) is 0 Å². The second kappa shape index (κ2) is 9.45. The third-order valence-electron chi connectivity index (χ3n) is 5.15. The number of hydrogen-bond acceptors (Lipinski definition) is 5. The van der Waals surface area contributed by atoms with Crippen molar-refractivity contribution in [3.05, 3.63) is 23.8 Å². The fourth-order valence-corrected chi connectivity index (χ4v) is 3.54. The molecule has 1 saturated heterocycles. The van der Waals surface area contributed by atoms with E-state index in [2.05, 4.69) is 5.32 Å². The Morgan fingerprint density at radius 1 is 1.32 bits per heavy atom. The van der Waals surface area contributed by atoms with Gasteiger partial charge in [0.05, 0.1) is 24.4 Å². The molecule has 7 nitrogen and oxygen atoms in total. The van der Waals surface area contributed by atoms with Gasteiger partial charge in [-0.05, 0) is 31.0 Å². The molecule has 1 saturated carbocycles. The van der Waals surface area contributed by atoms with Crippen LogP contribution in [0, 0.1) is 0 Å². The minimum absolute atomic E-state index is 0.0197. The van der Waals surface area contributed by atoms with E-state index in [0.717, 1.165) is 12.1 Å². The van der Waals surface area contributed by atoms with Crippen molar-refractivity contribution in [2.75, 3.05) is 43.1 Å². The first-order valence-electron chi connectivity index (χ1n) is 9.76. The van der Waals surface area contributed by atoms with Gasteiger partial charge >= 0.3 is 6.18 Å². The molecule has 3 rings (SSSR count). The van der Waals surface area contributed by atoms with E-state index in [0.29, 0.717) is 12.8 Å². The highest BCUT2D eigenvalue weighted by molar-refractivity contribution is 5.98. The lowest BCUT2D eigenvalue weighted by atomic mass is 10.1. The first-order chi connectivity index (χ1) is 14.6. The Morgan fingerprint density at radius 2 is 2.03 bits per heavy atom. The largest absolute Gasteiger partial charge is 0.418 e. The predicted octanol–water partition coefficient (Wildman–Crippen LogP) is 2.06. The lowest BCUT2D eigenvalue weighted by Crippen LogP contribution is -2.51. The van der Waals surface area contributed by atoms with Crippen LogP contribution >= 0.6 is 0 Å². The summed E-state index contributed by atoms with van der Waals surface area (Å²) in [5.41, 5.74) is 3.94. The van der Waals surface area contributed by atoms with Gasteiger partial charge in [0.15, 0.2) is 0 Å². The molecule has 2 fully saturated rings. The minimum Gasteiger partial charge on any atom is -0.370 e. The molecular formula is C19H23F5N4O3. The fraction of sp³-hybridized carbons (Fsp3) is 0.579. The number of halogens is 5. The number of nitrogens with one attached hydrogen (secondary N) is 1. The molecule has 12 heteroatoms. The van der Waals surface area contributed by atoms with Crippen LogP contribution in [0.15, 0.2) is 18.2 Å². The molecule has 3 N–H and O–H groups in total. The summed E-state index contributed by atoms with van der Waals surface area (Å²) in [6, 6.07) is 1.66. The van der Waals surface area contributed by atoms with Crippen LogP contribution in [0.4, 0.5) is 33.3 Å². The number of alkyl halides is 5. The highest BCUT2D eigenvalue weighted by atomic mass is 19.4. The molecule has 1 atom stereocenters. The van der Waals surface area contributed by atoms with Crippen molar-refractivity contribution >= 4 is 23.2 Å². The molecule has 1 aromatic rings. The number of benzene rings is 1. The zero-order valence-corrected chi connectivity index (χ0v) is 16.5. The molecule has 1 aliphatic carbocycles. The minimum atomic E-state index is -4.83. The summed E-state index contributed by atoms with van der Waals surface area (Å²) in [7, 11) is 0. The van der Waals surface area contributed by atoms with E-state index >= 15 is 0 Å². The Hall–Kier alpha value is -2.31. The first kappa shape index (κ1) is 23.4. The normalized spacial score (nSPS) is 18.6. The number of morpholine rings is 1. The summed E-state index contributed by atoms with van der Waals surface area (Å²) in [5, 5.41) is 2.19. The lowest BCUT2D eigenvalue weighted by Gasteiger charge is -2.30. The molecule has 0 bridgehead atoms. The van der Waals surface area contributed by atoms with E-state index in [9.17, 15) is 31.5 Å². The standard InChI is InChI=1S/C19H23F5N4O3/c20-16(21)9-28(11-1-2-11)15(8-25)18(30)26-14-4-3-12(7-13(14)19(22,23)24)27-5-6-31-10-17(27)29/h3-4,7,11,15-16H,1-2,5-6,8-10,25H2,(H,26,30)/t15-/m0/s1. The van der Waals surface area contributed by atoms with E-state index in [-0.39, 0.29) is 38.0 Å². The van der Waals surface area contributed by atoms with Crippen molar-refractivity contribution in [1.29, 1.82) is 0 Å². The average Bonchev–Trinajstić information content (AvgIpc) is 3.52. The van der Waals surface area contributed by atoms with Gasteiger partial charge in [-0.3, -0.25) is 14.5 Å². The summed E-state index contributed by atoms with van der Waals surface area (Å²) in [4.78, 5) is 27.1. The first-order valence-corrected chi connectivity index (χ1v) is 9.76. The van der Waals surface area contributed by atoms with Crippen LogP contribution < -0.4 is 16.0 Å². The van der Waals surface area contributed by atoms with Crippen molar-refractivity contribution in [2.45, 2.75) is 37.5 Å². The Morgan fingerprint density at radius 3 is 2.58 bits per heavy atom. The monoisotopic (exact) mass is 450 g/mol. The van der Waals surface area contributed by atoms with Crippen molar-refractivity contribution in [3.8, 4) is 0 Å². The van der Waals surface area contributed by atoms with Gasteiger partial charge in [-0.2, -0.15) is 13.2 Å². The maximum atomic E-state index is 13.7. The molecule has 0 radical (unpaired) electrons. The molecule has 2 amide bonds. The Balaban J connectivity index is 1.85. The maximum absolute atomic E-state index is 13.7. The van der Waals surface area contributed by atoms with Gasteiger partial charge in [0.25, 0.3) is 12.3 Å². The highest BCUT2D eigenvalue weighted by Gasteiger charge is 2.40. The molecule has 2 aliphatic rings. The van der Waals surface area contributed by atoms with Gasteiger partial charge in [-0.1, -0.05) is 0 Å². The molecule has 1 aliphatic heterocycles. The number of hydrogen-bond donors (Lipinski definition) is 2. The number of rotatable bonds is 8. The molecule has 1 aromatic carbocycles. The van der Waals surface area contributed by atoms with Crippen molar-refractivity contribution < 1.29 is 36.3 Å². The maximum Gasteiger partial charge on any atom is 0.418 e. The summed E-state index contributed by atoms with van der Waals surface area (Å²) in [5.74, 6) is -1.37. The second-order valence-corrected chi connectivity index (χ2v) is 7.39. The van der Waals surface area contributed by atoms with Crippen LogP contribution in [0.1, 0.15) is 18.4 Å². The van der Waals surface area contributed by atoms with Gasteiger partial charge in [0.1, 0.15) is 12.6 Å². The van der Waals surface area contributed by atoms with Crippen LogP contribution in [0.5, 0.6) is 0 Å². The van der Waals surface area contributed by atoms with E-state index in [1.54, 1.807) is 0 Å². The van der Waals surface area contributed by atoms with Crippen molar-refractivity contribution in [2.24, 2.45) is 5.73 Å². The highest BCUT2D eigenvalue weighted by Crippen LogP contribution is 2.38. The smallest absolute Gasteiger partial charge is 0.370 e. The van der Waals surface area contributed by atoms with Crippen LogP contribution in [-0.4, -0.2) is 68.1 Å². The summed E-state index contributed by atoms with van der Waals surface area (Å²) in [6.07, 6.45) is -6.30. The third kappa shape index (κ3) is 5.69. The van der Waals surface area contributed by atoms with Gasteiger partial charge < -0.3 is 20.7 Å². The average molecular weight is 450 g/mol. The molecule has 1 heterocycles. The van der Waals surface area contributed by atoms with E-state index in [4.69, 9.17) is 10.5 Å². The molecule has 172 valence electrons. The number of carbonyl (C=O) groups excluding carboxylic acids is 2. The molecule has 0 unspecified atom stereocenters. The molecule has 0 spiro atoms. The number of nitrogens with zero attached hydrogens (tertiary/aromatic N) is 2. The number of nitrogens with two attached hydrogens (primary N) is 1. The van der Waals surface area contributed by atoms with E-state index < -0.39 is 48.3 Å². The van der Waals surface area contributed by atoms with Gasteiger partial charge in [-0.25, -0.2) is 8.78 Å². The lowest BCUT2D eigenvalue weighted by molar-refractivity contribution is -0.137. The van der Waals surface area contributed by atoms with Gasteiger partial charge in [0, 0.05) is 24.8 Å². The van der Waals surface area contributed by atoms with Crippen molar-refractivity contribution in [1.82, 2.24) is 4.90 Å². The van der Waals surface area contributed by atoms with Crippen LogP contribution in [0.25, 0.3) is 0 Å². The molecular weight excluding hydrogens is 427 g/mol. The van der Waals surface area contributed by atoms with Crippen LogP contribution in [0.3, 0.4) is 0 Å². The summed E-state index contributed by atoms with van der Waals surface area (Å²) < 4.78 is 71.9. The third-order valence-corrected chi connectivity index (χ3v) is 5.15. The second-order valence-electron chi connectivity index (χ2n) is 7.39. The Bertz CT molecular complexity index is 816. The fourth-order valence-electron chi connectivity index (χ4n) is 3.54. The predicted molar refractivity (Wildman–Crippen MR) is 102 cm³/mol. The number of anilines is 2. The number of carbonyl (C=O) groups is 2. The van der Waals surface area contributed by atoms with Crippen LogP contribution in [-0.2, 0) is 20.5 Å². The summed E-state index contributed by atoms with van der Waals surface area (Å²) >= 11 is 0. The van der Waals surface area contributed by atoms with E-state index in [1.165, 1.54) is 15.9 Å². The zero-order valence-electron chi connectivity index (χ0n) is 16.5. The zero-order chi connectivity index (χ0) is 22.8. The Labute approximate surface area is 175 Å². The van der Waals surface area contributed by atoms with Gasteiger partial charge in [-0.15, -0.1) is 0 Å². The molecule has 31 heavy (non-hydrogen) atoms.